The molecule has 0 saturated heterocycles. The molecule has 1 fully saturated rings. The SMILES string of the molecule is CNc1ccccc1S(=O)(=O)N(C)CC1(N(C)C)CCC1. The molecule has 21 heavy (non-hydrogen) atoms. The van der Waals surface area contributed by atoms with Gasteiger partial charge in [-0.25, -0.2) is 8.42 Å². The van der Waals surface area contributed by atoms with Gasteiger partial charge in [0.15, 0.2) is 0 Å². The van der Waals surface area contributed by atoms with Gasteiger partial charge in [-0.05, 0) is 45.5 Å². The van der Waals surface area contributed by atoms with Crippen LogP contribution >= 0.6 is 0 Å². The lowest BCUT2D eigenvalue weighted by atomic mass is 9.75. The monoisotopic (exact) mass is 311 g/mol. The lowest BCUT2D eigenvalue weighted by molar-refractivity contribution is 0.0455. The van der Waals surface area contributed by atoms with Gasteiger partial charge < -0.3 is 10.2 Å². The van der Waals surface area contributed by atoms with Crippen LogP contribution in [0.2, 0.25) is 0 Å². The van der Waals surface area contributed by atoms with Crippen molar-refractivity contribution in [1.29, 1.82) is 0 Å². The fourth-order valence-corrected chi connectivity index (χ4v) is 4.34. The summed E-state index contributed by atoms with van der Waals surface area (Å²) in [6.07, 6.45) is 3.26. The van der Waals surface area contributed by atoms with Crippen LogP contribution in [0.1, 0.15) is 19.3 Å². The molecule has 0 atom stereocenters. The van der Waals surface area contributed by atoms with Crippen LogP contribution in [-0.2, 0) is 10.0 Å². The quantitative estimate of drug-likeness (QED) is 0.871. The Balaban J connectivity index is 2.27. The number of anilines is 1. The van der Waals surface area contributed by atoms with E-state index in [1.54, 1.807) is 32.3 Å². The van der Waals surface area contributed by atoms with Gasteiger partial charge in [0.2, 0.25) is 10.0 Å². The molecule has 0 spiro atoms. The fourth-order valence-electron chi connectivity index (χ4n) is 2.90. The van der Waals surface area contributed by atoms with E-state index in [9.17, 15) is 8.42 Å². The van der Waals surface area contributed by atoms with E-state index < -0.39 is 10.0 Å². The van der Waals surface area contributed by atoms with E-state index in [0.29, 0.717) is 17.1 Å². The normalized spacial score (nSPS) is 17.8. The van der Waals surface area contributed by atoms with Crippen molar-refractivity contribution in [1.82, 2.24) is 9.21 Å². The molecule has 0 unspecified atom stereocenters. The van der Waals surface area contributed by atoms with Gasteiger partial charge in [0.25, 0.3) is 0 Å². The van der Waals surface area contributed by atoms with Crippen LogP contribution in [0.15, 0.2) is 29.2 Å². The summed E-state index contributed by atoms with van der Waals surface area (Å²) in [5.74, 6) is 0. The molecule has 0 bridgehead atoms. The predicted molar refractivity (Wildman–Crippen MR) is 86.1 cm³/mol. The van der Waals surface area contributed by atoms with Crippen LogP contribution in [-0.4, -0.2) is 57.9 Å². The maximum atomic E-state index is 12.8. The first-order chi connectivity index (χ1) is 9.83. The Morgan fingerprint density at radius 2 is 1.81 bits per heavy atom. The molecule has 5 nitrogen and oxygen atoms in total. The zero-order chi connectivity index (χ0) is 15.7. The van der Waals surface area contributed by atoms with Crippen molar-refractivity contribution in [3.8, 4) is 0 Å². The molecule has 1 N–H and O–H groups in total. The second-order valence-electron chi connectivity index (χ2n) is 5.98. The maximum Gasteiger partial charge on any atom is 0.244 e. The van der Waals surface area contributed by atoms with Crippen molar-refractivity contribution in [2.24, 2.45) is 0 Å². The van der Waals surface area contributed by atoms with Gasteiger partial charge in [-0.1, -0.05) is 12.1 Å². The fraction of sp³-hybridized carbons (Fsp3) is 0.600. The molecule has 1 aliphatic rings. The van der Waals surface area contributed by atoms with Gasteiger partial charge in [0.05, 0.1) is 5.69 Å². The Morgan fingerprint density at radius 3 is 2.29 bits per heavy atom. The van der Waals surface area contributed by atoms with E-state index in [4.69, 9.17) is 0 Å². The molecule has 1 saturated carbocycles. The number of likely N-dealkylation sites (N-methyl/N-ethyl adjacent to an activating group) is 2. The van der Waals surface area contributed by atoms with Gasteiger partial charge in [0, 0.05) is 26.2 Å². The highest BCUT2D eigenvalue weighted by Crippen LogP contribution is 2.37. The molecule has 0 heterocycles. The summed E-state index contributed by atoms with van der Waals surface area (Å²) in [5, 5.41) is 2.95. The van der Waals surface area contributed by atoms with Crippen molar-refractivity contribution in [2.75, 3.05) is 40.1 Å². The van der Waals surface area contributed by atoms with Gasteiger partial charge in [-0.3, -0.25) is 0 Å². The highest BCUT2D eigenvalue weighted by atomic mass is 32.2. The molecular weight excluding hydrogens is 286 g/mol. The summed E-state index contributed by atoms with van der Waals surface area (Å²) in [7, 11) is 3.99. The maximum absolute atomic E-state index is 12.8. The highest BCUT2D eigenvalue weighted by molar-refractivity contribution is 7.89. The number of hydrogen-bond donors (Lipinski definition) is 1. The van der Waals surface area contributed by atoms with Crippen molar-refractivity contribution >= 4 is 15.7 Å². The third-order valence-electron chi connectivity index (χ3n) is 4.59. The number of benzene rings is 1. The third-order valence-corrected chi connectivity index (χ3v) is 6.46. The van der Waals surface area contributed by atoms with Gasteiger partial charge in [-0.2, -0.15) is 4.31 Å². The van der Waals surface area contributed by atoms with Crippen molar-refractivity contribution in [3.63, 3.8) is 0 Å². The molecule has 0 radical (unpaired) electrons. The lowest BCUT2D eigenvalue weighted by Gasteiger charge is -2.49. The molecule has 1 aromatic rings. The first-order valence-corrected chi connectivity index (χ1v) is 8.68. The molecule has 118 valence electrons. The summed E-state index contributed by atoms with van der Waals surface area (Å²) in [4.78, 5) is 2.50. The minimum absolute atomic E-state index is 0.0175. The zero-order valence-corrected chi connectivity index (χ0v) is 14.1. The van der Waals surface area contributed by atoms with Crippen LogP contribution < -0.4 is 5.32 Å². The molecule has 6 heteroatoms. The van der Waals surface area contributed by atoms with Crippen LogP contribution in [0, 0.1) is 0 Å². The molecule has 1 aliphatic carbocycles. The van der Waals surface area contributed by atoms with Gasteiger partial charge >= 0.3 is 0 Å². The predicted octanol–water partition coefficient (Wildman–Crippen LogP) is 1.83. The van der Waals surface area contributed by atoms with Crippen LogP contribution in [0.3, 0.4) is 0 Å². The minimum atomic E-state index is -3.48. The van der Waals surface area contributed by atoms with Crippen LogP contribution in [0.5, 0.6) is 0 Å². The van der Waals surface area contributed by atoms with E-state index >= 15 is 0 Å². The summed E-state index contributed by atoms with van der Waals surface area (Å²) >= 11 is 0. The van der Waals surface area contributed by atoms with E-state index in [2.05, 4.69) is 10.2 Å². The number of rotatable bonds is 6. The molecule has 0 aromatic heterocycles. The summed E-state index contributed by atoms with van der Waals surface area (Å²) in [6, 6.07) is 7.03. The molecule has 2 rings (SSSR count). The molecule has 0 aliphatic heterocycles. The Kier molecular flexibility index (Phi) is 4.60. The van der Waals surface area contributed by atoms with E-state index in [1.807, 2.05) is 20.2 Å². The first kappa shape index (κ1) is 16.3. The Hall–Kier alpha value is -1.11. The number of nitrogens with one attached hydrogen (secondary N) is 1. The standard InChI is InChI=1S/C15H25N3O2S/c1-16-13-8-5-6-9-14(13)21(19,20)18(4)12-15(17(2)3)10-7-11-15/h5-6,8-9,16H,7,10-12H2,1-4H3. The minimum Gasteiger partial charge on any atom is -0.387 e. The van der Waals surface area contributed by atoms with Crippen LogP contribution in [0.25, 0.3) is 0 Å². The number of hydrogen-bond acceptors (Lipinski definition) is 4. The largest absolute Gasteiger partial charge is 0.387 e. The van der Waals surface area contributed by atoms with Gasteiger partial charge in [-0.15, -0.1) is 0 Å². The Bertz CT molecular complexity index is 595. The first-order valence-electron chi connectivity index (χ1n) is 7.24. The van der Waals surface area contributed by atoms with E-state index in [1.165, 1.54) is 10.7 Å². The van der Waals surface area contributed by atoms with Crippen LogP contribution in [0.4, 0.5) is 5.69 Å². The Morgan fingerprint density at radius 1 is 1.19 bits per heavy atom. The van der Waals surface area contributed by atoms with Gasteiger partial charge in [0.1, 0.15) is 4.90 Å². The summed E-state index contributed by atoms with van der Waals surface area (Å²) < 4.78 is 27.1. The molecular formula is C15H25N3O2S. The molecule has 0 amide bonds. The smallest absolute Gasteiger partial charge is 0.244 e. The average molecular weight is 311 g/mol. The summed E-state index contributed by atoms with van der Waals surface area (Å²) in [5.41, 5.74) is 0.619. The summed E-state index contributed by atoms with van der Waals surface area (Å²) in [6.45, 7) is 0.528. The second kappa shape index (κ2) is 5.94. The van der Waals surface area contributed by atoms with Crippen molar-refractivity contribution in [3.05, 3.63) is 24.3 Å². The average Bonchev–Trinajstić information content (AvgIpc) is 2.41. The van der Waals surface area contributed by atoms with E-state index in [0.717, 1.165) is 12.8 Å². The number of para-hydroxylation sites is 1. The second-order valence-corrected chi connectivity index (χ2v) is 7.99. The lowest BCUT2D eigenvalue weighted by Crippen LogP contribution is -2.57. The number of sulfonamides is 1. The van der Waals surface area contributed by atoms with Crippen molar-refractivity contribution in [2.45, 2.75) is 29.7 Å². The highest BCUT2D eigenvalue weighted by Gasteiger charge is 2.42. The Labute approximate surface area is 128 Å². The topological polar surface area (TPSA) is 52.7 Å². The van der Waals surface area contributed by atoms with E-state index in [-0.39, 0.29) is 5.54 Å². The number of nitrogens with zero attached hydrogens (tertiary/aromatic N) is 2. The third kappa shape index (κ3) is 2.93. The van der Waals surface area contributed by atoms with Crippen molar-refractivity contribution < 1.29 is 8.42 Å². The molecule has 1 aromatic carbocycles. The zero-order valence-electron chi connectivity index (χ0n) is 13.3.